The molecule has 2 saturated heterocycles. The lowest BCUT2D eigenvalue weighted by atomic mass is 9.84. The van der Waals surface area contributed by atoms with E-state index in [2.05, 4.69) is 31.2 Å². The smallest absolute Gasteiger partial charge is 0.0691 e. The molecule has 0 spiro atoms. The fourth-order valence-corrected chi connectivity index (χ4v) is 3.26. The molecule has 16 heavy (non-hydrogen) atoms. The van der Waals surface area contributed by atoms with Crippen LogP contribution in [0.3, 0.4) is 0 Å². The standard InChI is InChI=1S/C15H20O/c1-12-3-2-4-13(11-12)5-8-15-9-6-14(16-15)7-10-15/h2-4,11,14H,5-10H2,1H3. The molecule has 1 nitrogen and oxygen atoms in total. The number of fused-ring (bicyclic) bond motifs is 2. The van der Waals surface area contributed by atoms with Crippen LogP contribution in [0.5, 0.6) is 0 Å². The largest absolute Gasteiger partial charge is 0.372 e. The normalized spacial score (nSPS) is 32.2. The molecule has 2 aliphatic heterocycles. The Kier molecular flexibility index (Phi) is 2.51. The van der Waals surface area contributed by atoms with Crippen LogP contribution in [-0.4, -0.2) is 11.7 Å². The molecule has 0 N–H and O–H groups in total. The maximum absolute atomic E-state index is 6.11. The Bertz CT molecular complexity index is 375. The van der Waals surface area contributed by atoms with Gasteiger partial charge >= 0.3 is 0 Å². The van der Waals surface area contributed by atoms with Crippen LogP contribution in [0.4, 0.5) is 0 Å². The molecule has 0 saturated carbocycles. The van der Waals surface area contributed by atoms with Crippen LogP contribution in [0.1, 0.15) is 43.2 Å². The Balaban J connectivity index is 1.64. The predicted octanol–water partition coefficient (Wildman–Crippen LogP) is 3.64. The van der Waals surface area contributed by atoms with E-state index in [1.54, 1.807) is 0 Å². The fraction of sp³-hybridized carbons (Fsp3) is 0.600. The molecule has 0 unspecified atom stereocenters. The summed E-state index contributed by atoms with van der Waals surface area (Å²) >= 11 is 0. The minimum Gasteiger partial charge on any atom is -0.372 e. The number of hydrogen-bond acceptors (Lipinski definition) is 1. The molecule has 2 heterocycles. The molecule has 0 aliphatic carbocycles. The van der Waals surface area contributed by atoms with Crippen molar-refractivity contribution in [1.29, 1.82) is 0 Å². The van der Waals surface area contributed by atoms with Gasteiger partial charge in [0.2, 0.25) is 0 Å². The molecule has 2 bridgehead atoms. The van der Waals surface area contributed by atoms with Crippen LogP contribution in [0, 0.1) is 6.92 Å². The Morgan fingerprint density at radius 2 is 2.12 bits per heavy atom. The van der Waals surface area contributed by atoms with E-state index in [1.165, 1.54) is 49.7 Å². The second-order valence-corrected chi connectivity index (χ2v) is 5.49. The molecule has 0 aromatic heterocycles. The monoisotopic (exact) mass is 216 g/mol. The van der Waals surface area contributed by atoms with Crippen molar-refractivity contribution in [3.05, 3.63) is 35.4 Å². The first-order valence-corrected chi connectivity index (χ1v) is 6.49. The van der Waals surface area contributed by atoms with Gasteiger partial charge in [0, 0.05) is 0 Å². The van der Waals surface area contributed by atoms with Gasteiger partial charge in [0.05, 0.1) is 11.7 Å². The van der Waals surface area contributed by atoms with E-state index in [1.807, 2.05) is 0 Å². The highest BCUT2D eigenvalue weighted by atomic mass is 16.5. The number of benzene rings is 1. The maximum atomic E-state index is 6.11. The fourth-order valence-electron chi connectivity index (χ4n) is 3.26. The number of hydrogen-bond donors (Lipinski definition) is 0. The zero-order chi connectivity index (χ0) is 11.0. The molecular formula is C15H20O. The van der Waals surface area contributed by atoms with Gasteiger partial charge in [0.25, 0.3) is 0 Å². The molecule has 86 valence electrons. The summed E-state index contributed by atoms with van der Waals surface area (Å²) in [5.41, 5.74) is 3.09. The van der Waals surface area contributed by atoms with Gasteiger partial charge in [-0.15, -0.1) is 0 Å². The first-order valence-electron chi connectivity index (χ1n) is 6.49. The lowest BCUT2D eigenvalue weighted by Crippen LogP contribution is -2.24. The predicted molar refractivity (Wildman–Crippen MR) is 65.6 cm³/mol. The van der Waals surface area contributed by atoms with Crippen molar-refractivity contribution in [2.45, 2.75) is 57.2 Å². The summed E-state index contributed by atoms with van der Waals surface area (Å²) in [7, 11) is 0. The van der Waals surface area contributed by atoms with Gasteiger partial charge in [-0.25, -0.2) is 0 Å². The lowest BCUT2D eigenvalue weighted by Gasteiger charge is -2.24. The Hall–Kier alpha value is -0.820. The Labute approximate surface area is 97.8 Å². The average Bonchev–Trinajstić information content (AvgIpc) is 2.87. The summed E-state index contributed by atoms with van der Waals surface area (Å²) in [6.07, 6.45) is 8.17. The second kappa shape index (κ2) is 3.89. The molecule has 2 fully saturated rings. The molecule has 0 amide bonds. The molecule has 1 aromatic carbocycles. The molecule has 1 aromatic rings. The minimum absolute atomic E-state index is 0.258. The van der Waals surface area contributed by atoms with E-state index in [0.717, 1.165) is 0 Å². The third-order valence-electron chi connectivity index (χ3n) is 4.21. The van der Waals surface area contributed by atoms with E-state index >= 15 is 0 Å². The average molecular weight is 216 g/mol. The number of rotatable bonds is 3. The van der Waals surface area contributed by atoms with Crippen molar-refractivity contribution >= 4 is 0 Å². The van der Waals surface area contributed by atoms with Crippen molar-refractivity contribution in [3.63, 3.8) is 0 Å². The van der Waals surface area contributed by atoms with Gasteiger partial charge in [-0.2, -0.15) is 0 Å². The van der Waals surface area contributed by atoms with Crippen LogP contribution in [0.25, 0.3) is 0 Å². The highest BCUT2D eigenvalue weighted by Gasteiger charge is 2.45. The third kappa shape index (κ3) is 1.89. The van der Waals surface area contributed by atoms with Crippen LogP contribution in [-0.2, 0) is 11.2 Å². The van der Waals surface area contributed by atoms with Crippen molar-refractivity contribution in [2.24, 2.45) is 0 Å². The van der Waals surface area contributed by atoms with E-state index in [-0.39, 0.29) is 5.60 Å². The summed E-state index contributed by atoms with van der Waals surface area (Å²) < 4.78 is 6.11. The van der Waals surface area contributed by atoms with E-state index in [0.29, 0.717) is 6.10 Å². The third-order valence-corrected chi connectivity index (χ3v) is 4.21. The first-order chi connectivity index (χ1) is 7.76. The molecular weight excluding hydrogens is 196 g/mol. The highest BCUT2D eigenvalue weighted by molar-refractivity contribution is 5.22. The van der Waals surface area contributed by atoms with E-state index in [4.69, 9.17) is 4.74 Å². The van der Waals surface area contributed by atoms with Crippen molar-refractivity contribution in [2.75, 3.05) is 0 Å². The Morgan fingerprint density at radius 1 is 1.31 bits per heavy atom. The van der Waals surface area contributed by atoms with Gasteiger partial charge in [0.1, 0.15) is 0 Å². The minimum atomic E-state index is 0.258. The van der Waals surface area contributed by atoms with Crippen molar-refractivity contribution < 1.29 is 4.74 Å². The van der Waals surface area contributed by atoms with E-state index in [9.17, 15) is 0 Å². The van der Waals surface area contributed by atoms with Crippen LogP contribution in [0.2, 0.25) is 0 Å². The summed E-state index contributed by atoms with van der Waals surface area (Å²) in [5.74, 6) is 0. The van der Waals surface area contributed by atoms with Crippen LogP contribution in [0.15, 0.2) is 24.3 Å². The molecule has 1 heteroatoms. The van der Waals surface area contributed by atoms with Gasteiger partial charge in [-0.3, -0.25) is 0 Å². The van der Waals surface area contributed by atoms with Crippen LogP contribution < -0.4 is 0 Å². The zero-order valence-corrected chi connectivity index (χ0v) is 10.0. The van der Waals surface area contributed by atoms with Gasteiger partial charge in [-0.05, 0) is 51.0 Å². The molecule has 0 radical (unpaired) electrons. The van der Waals surface area contributed by atoms with Crippen LogP contribution >= 0.6 is 0 Å². The zero-order valence-electron chi connectivity index (χ0n) is 10.0. The Morgan fingerprint density at radius 3 is 2.75 bits per heavy atom. The molecule has 3 rings (SSSR count). The quantitative estimate of drug-likeness (QED) is 0.749. The van der Waals surface area contributed by atoms with Gasteiger partial charge in [-0.1, -0.05) is 29.8 Å². The van der Waals surface area contributed by atoms with E-state index < -0.39 is 0 Å². The highest BCUT2D eigenvalue weighted by Crippen LogP contribution is 2.46. The van der Waals surface area contributed by atoms with Gasteiger partial charge < -0.3 is 4.74 Å². The molecule has 0 atom stereocenters. The summed E-state index contributed by atoms with van der Waals surface area (Å²) in [6.45, 7) is 2.17. The summed E-state index contributed by atoms with van der Waals surface area (Å²) in [6, 6.07) is 8.87. The lowest BCUT2D eigenvalue weighted by molar-refractivity contribution is 0.00732. The topological polar surface area (TPSA) is 9.23 Å². The maximum Gasteiger partial charge on any atom is 0.0691 e. The van der Waals surface area contributed by atoms with Crippen molar-refractivity contribution in [3.8, 4) is 0 Å². The number of aryl methyl sites for hydroxylation is 2. The SMILES string of the molecule is Cc1cccc(CCC23CCC(CC2)O3)c1. The number of ether oxygens (including phenoxy) is 1. The van der Waals surface area contributed by atoms with Crippen molar-refractivity contribution in [1.82, 2.24) is 0 Å². The first kappa shape index (κ1) is 10.3. The molecule has 2 aliphatic rings. The summed E-state index contributed by atoms with van der Waals surface area (Å²) in [5, 5.41) is 0. The van der Waals surface area contributed by atoms with Gasteiger partial charge in [0.15, 0.2) is 0 Å². The summed E-state index contributed by atoms with van der Waals surface area (Å²) in [4.78, 5) is 0. The second-order valence-electron chi connectivity index (χ2n) is 5.49.